The molecular formula is C8H8F3NO3. The fourth-order valence-corrected chi connectivity index (χ4v) is 1.09. The van der Waals surface area contributed by atoms with Crippen molar-refractivity contribution in [3.8, 4) is 17.2 Å². The van der Waals surface area contributed by atoms with Gasteiger partial charge in [0.25, 0.3) is 0 Å². The lowest BCUT2D eigenvalue weighted by molar-refractivity contribution is -0.138. The summed E-state index contributed by atoms with van der Waals surface area (Å²) in [5.41, 5.74) is 3.10. The number of phenols is 2. The van der Waals surface area contributed by atoms with E-state index in [0.29, 0.717) is 6.07 Å². The Morgan fingerprint density at radius 2 is 1.87 bits per heavy atom. The highest BCUT2D eigenvalue weighted by Gasteiger charge is 2.36. The Balaban J connectivity index is 3.48. The van der Waals surface area contributed by atoms with Gasteiger partial charge in [-0.25, -0.2) is 0 Å². The normalized spacial score (nSPS) is 11.5. The molecule has 0 heterocycles. The molecule has 0 radical (unpaired) electrons. The van der Waals surface area contributed by atoms with Gasteiger partial charge in [-0.2, -0.15) is 13.2 Å². The predicted octanol–water partition coefficient (Wildman–Crippen LogP) is 1.71. The van der Waals surface area contributed by atoms with Crippen LogP contribution in [0.4, 0.5) is 18.9 Å². The molecule has 7 heteroatoms. The summed E-state index contributed by atoms with van der Waals surface area (Å²) < 4.78 is 41.4. The van der Waals surface area contributed by atoms with E-state index >= 15 is 0 Å². The highest BCUT2D eigenvalue weighted by Crippen LogP contribution is 2.47. The van der Waals surface area contributed by atoms with Gasteiger partial charge in [0, 0.05) is 0 Å². The van der Waals surface area contributed by atoms with Crippen LogP contribution in [0.15, 0.2) is 6.07 Å². The first-order valence-electron chi connectivity index (χ1n) is 3.74. The van der Waals surface area contributed by atoms with E-state index < -0.39 is 28.9 Å². The lowest BCUT2D eigenvalue weighted by Crippen LogP contribution is -2.07. The van der Waals surface area contributed by atoms with E-state index in [0.717, 1.165) is 7.11 Å². The SMILES string of the molecule is COc1c(O)cc(C(F)(F)F)c(O)c1N. The van der Waals surface area contributed by atoms with Gasteiger partial charge in [-0.1, -0.05) is 0 Å². The van der Waals surface area contributed by atoms with E-state index in [9.17, 15) is 13.2 Å². The number of rotatable bonds is 1. The molecule has 0 spiro atoms. The van der Waals surface area contributed by atoms with Gasteiger partial charge >= 0.3 is 6.18 Å². The fraction of sp³-hybridized carbons (Fsp3) is 0.250. The van der Waals surface area contributed by atoms with Crippen molar-refractivity contribution in [2.45, 2.75) is 6.18 Å². The number of aromatic hydroxyl groups is 2. The van der Waals surface area contributed by atoms with Crippen LogP contribution in [0.3, 0.4) is 0 Å². The van der Waals surface area contributed by atoms with Crippen molar-refractivity contribution in [2.24, 2.45) is 0 Å². The first kappa shape index (κ1) is 11.3. The number of nitrogens with two attached hydrogens (primary N) is 1. The van der Waals surface area contributed by atoms with Gasteiger partial charge in [-0.05, 0) is 6.07 Å². The number of alkyl halides is 3. The van der Waals surface area contributed by atoms with Crippen molar-refractivity contribution in [1.82, 2.24) is 0 Å². The minimum Gasteiger partial charge on any atom is -0.505 e. The third-order valence-corrected chi connectivity index (χ3v) is 1.78. The molecule has 15 heavy (non-hydrogen) atoms. The maximum Gasteiger partial charge on any atom is 0.420 e. The Hall–Kier alpha value is -1.79. The summed E-state index contributed by atoms with van der Waals surface area (Å²) >= 11 is 0. The molecule has 4 N–H and O–H groups in total. The molecule has 84 valence electrons. The zero-order valence-corrected chi connectivity index (χ0v) is 7.59. The van der Waals surface area contributed by atoms with Crippen LogP contribution in [0.1, 0.15) is 5.56 Å². The van der Waals surface area contributed by atoms with E-state index in [2.05, 4.69) is 4.74 Å². The number of hydrogen-bond donors (Lipinski definition) is 3. The van der Waals surface area contributed by atoms with Crippen molar-refractivity contribution >= 4 is 5.69 Å². The zero-order valence-electron chi connectivity index (χ0n) is 7.59. The Morgan fingerprint density at radius 3 is 2.27 bits per heavy atom. The summed E-state index contributed by atoms with van der Waals surface area (Å²) in [5, 5.41) is 18.3. The minimum atomic E-state index is -4.79. The number of hydrogen-bond acceptors (Lipinski definition) is 4. The standard InChI is InChI=1S/C8H8F3NO3/c1-15-7-4(13)2-3(8(9,10)11)6(14)5(7)12/h2,13-14H,12H2,1H3. The molecule has 1 aromatic carbocycles. The molecule has 0 amide bonds. The molecule has 0 fully saturated rings. The zero-order chi connectivity index (χ0) is 11.8. The molecule has 0 aliphatic rings. The van der Waals surface area contributed by atoms with Gasteiger partial charge in [0.1, 0.15) is 11.3 Å². The van der Waals surface area contributed by atoms with Gasteiger partial charge in [0.05, 0.1) is 7.11 Å². The summed E-state index contributed by atoms with van der Waals surface area (Å²) in [6.07, 6.45) is -4.79. The average molecular weight is 223 g/mol. The van der Waals surface area contributed by atoms with E-state index in [1.165, 1.54) is 0 Å². The van der Waals surface area contributed by atoms with Gasteiger partial charge < -0.3 is 20.7 Å². The second kappa shape index (κ2) is 3.41. The van der Waals surface area contributed by atoms with Crippen LogP contribution < -0.4 is 10.5 Å². The molecule has 0 bridgehead atoms. The van der Waals surface area contributed by atoms with E-state index in [-0.39, 0.29) is 5.75 Å². The molecular weight excluding hydrogens is 215 g/mol. The van der Waals surface area contributed by atoms with Crippen LogP contribution >= 0.6 is 0 Å². The minimum absolute atomic E-state index is 0.352. The molecule has 1 rings (SSSR count). The Morgan fingerprint density at radius 1 is 1.33 bits per heavy atom. The summed E-state index contributed by atoms with van der Waals surface area (Å²) in [7, 11) is 1.11. The maximum atomic E-state index is 12.3. The van der Waals surface area contributed by atoms with Crippen molar-refractivity contribution in [2.75, 3.05) is 12.8 Å². The molecule has 0 atom stereocenters. The lowest BCUT2D eigenvalue weighted by atomic mass is 10.1. The molecule has 0 unspecified atom stereocenters. The van der Waals surface area contributed by atoms with E-state index in [1.807, 2.05) is 0 Å². The van der Waals surface area contributed by atoms with Gasteiger partial charge in [-0.15, -0.1) is 0 Å². The van der Waals surface area contributed by atoms with Crippen molar-refractivity contribution < 1.29 is 28.1 Å². The number of benzene rings is 1. The summed E-state index contributed by atoms with van der Waals surface area (Å²) in [6.45, 7) is 0. The third kappa shape index (κ3) is 1.85. The first-order valence-corrected chi connectivity index (χ1v) is 3.74. The van der Waals surface area contributed by atoms with Crippen molar-refractivity contribution in [3.63, 3.8) is 0 Å². The van der Waals surface area contributed by atoms with Crippen molar-refractivity contribution in [3.05, 3.63) is 11.6 Å². The number of anilines is 1. The molecule has 4 nitrogen and oxygen atoms in total. The molecule has 0 aliphatic carbocycles. The van der Waals surface area contributed by atoms with Crippen LogP contribution in [0.25, 0.3) is 0 Å². The molecule has 0 aromatic heterocycles. The third-order valence-electron chi connectivity index (χ3n) is 1.78. The van der Waals surface area contributed by atoms with Crippen LogP contribution in [0.5, 0.6) is 17.2 Å². The molecule has 0 saturated heterocycles. The second-order valence-corrected chi connectivity index (χ2v) is 2.74. The number of methoxy groups -OCH3 is 1. The monoisotopic (exact) mass is 223 g/mol. The topological polar surface area (TPSA) is 75.7 Å². The summed E-state index contributed by atoms with van der Waals surface area (Å²) in [4.78, 5) is 0. The highest BCUT2D eigenvalue weighted by molar-refractivity contribution is 5.70. The predicted molar refractivity (Wildman–Crippen MR) is 45.7 cm³/mol. The van der Waals surface area contributed by atoms with Crippen LogP contribution in [-0.4, -0.2) is 17.3 Å². The smallest absolute Gasteiger partial charge is 0.420 e. The number of halogens is 3. The Labute approximate surface area is 82.7 Å². The molecule has 1 aromatic rings. The maximum absolute atomic E-state index is 12.3. The van der Waals surface area contributed by atoms with E-state index in [1.54, 1.807) is 0 Å². The fourth-order valence-electron chi connectivity index (χ4n) is 1.09. The van der Waals surface area contributed by atoms with Crippen LogP contribution in [-0.2, 0) is 6.18 Å². The highest BCUT2D eigenvalue weighted by atomic mass is 19.4. The van der Waals surface area contributed by atoms with Gasteiger partial charge in [0.2, 0.25) is 0 Å². The largest absolute Gasteiger partial charge is 0.505 e. The number of nitrogen functional groups attached to an aromatic ring is 1. The quantitative estimate of drug-likeness (QED) is 0.385. The van der Waals surface area contributed by atoms with Crippen LogP contribution in [0, 0.1) is 0 Å². The summed E-state index contributed by atoms with van der Waals surface area (Å²) in [6, 6.07) is 0.352. The second-order valence-electron chi connectivity index (χ2n) is 2.74. The first-order chi connectivity index (χ1) is 6.79. The number of phenolic OH excluding ortho intramolecular Hbond substituents is 2. The summed E-state index contributed by atoms with van der Waals surface area (Å²) in [5.74, 6) is -2.32. The van der Waals surface area contributed by atoms with Crippen LogP contribution in [0.2, 0.25) is 0 Å². The molecule has 0 aliphatic heterocycles. The van der Waals surface area contributed by atoms with Gasteiger partial charge in [0.15, 0.2) is 17.2 Å². The lowest BCUT2D eigenvalue weighted by Gasteiger charge is -2.14. The Bertz CT molecular complexity index is 390. The molecule has 0 saturated carbocycles. The van der Waals surface area contributed by atoms with Gasteiger partial charge in [-0.3, -0.25) is 0 Å². The van der Waals surface area contributed by atoms with E-state index in [4.69, 9.17) is 15.9 Å². The van der Waals surface area contributed by atoms with Crippen molar-refractivity contribution in [1.29, 1.82) is 0 Å². The Kier molecular flexibility index (Phi) is 2.57. The average Bonchev–Trinajstić information content (AvgIpc) is 2.10. The number of ether oxygens (including phenoxy) is 1.